The van der Waals surface area contributed by atoms with Crippen LogP contribution in [0.5, 0.6) is 5.75 Å². The van der Waals surface area contributed by atoms with Crippen molar-refractivity contribution in [2.24, 2.45) is 17.6 Å². The molecule has 14 nitrogen and oxygen atoms in total. The SMILES string of the molecule is C[C@H]1c2ccc(NC(=O)Nc3ccc(CO)cc3)c(O)c2C(O)=C2C(=O)[C@]3(O)C(O)=C(C(N)=O)C(=O)[C@@H](N(C)C)[C@@H]3[C@@H](O)[C@@H]21. The molecule has 3 aliphatic carbocycles. The number of carbonyl (C=O) groups excluding carboxylic acids is 4. The van der Waals surface area contributed by atoms with Crippen molar-refractivity contribution < 1.29 is 49.8 Å². The molecular weight excluding hydrogens is 576 g/mol. The quantitative estimate of drug-likeness (QED) is 0.168. The fraction of sp³-hybridized carbons (Fsp3) is 0.333. The Balaban J connectivity index is 1.60. The van der Waals surface area contributed by atoms with Gasteiger partial charge in [-0.25, -0.2) is 4.79 Å². The van der Waals surface area contributed by atoms with Crippen LogP contribution < -0.4 is 16.4 Å². The number of nitrogens with two attached hydrogens (primary N) is 1. The molecule has 3 aliphatic rings. The smallest absolute Gasteiger partial charge is 0.323 e. The van der Waals surface area contributed by atoms with E-state index in [1.165, 1.54) is 31.1 Å². The highest BCUT2D eigenvalue weighted by Gasteiger charge is 2.68. The summed E-state index contributed by atoms with van der Waals surface area (Å²) in [7, 11) is 2.85. The Morgan fingerprint density at radius 3 is 2.23 bits per heavy atom. The number of primary amides is 1. The van der Waals surface area contributed by atoms with Gasteiger partial charge in [-0.1, -0.05) is 25.1 Å². The van der Waals surface area contributed by atoms with Crippen LogP contribution in [-0.2, 0) is 21.0 Å². The minimum atomic E-state index is -3.03. The fourth-order valence-electron chi connectivity index (χ4n) is 6.70. The Hall–Kier alpha value is -4.76. The Morgan fingerprint density at radius 2 is 1.66 bits per heavy atom. The summed E-state index contributed by atoms with van der Waals surface area (Å²) in [6.45, 7) is 1.42. The minimum absolute atomic E-state index is 0.152. The summed E-state index contributed by atoms with van der Waals surface area (Å²) in [5.74, 6) is -10.1. The second-order valence-electron chi connectivity index (χ2n) is 11.4. The molecule has 232 valence electrons. The molecule has 1 saturated carbocycles. The van der Waals surface area contributed by atoms with Crippen molar-refractivity contribution in [3.8, 4) is 5.75 Å². The Bertz CT molecular complexity index is 1660. The number of aliphatic hydroxyl groups is 5. The van der Waals surface area contributed by atoms with Crippen molar-refractivity contribution in [3.63, 3.8) is 0 Å². The zero-order chi connectivity index (χ0) is 32.4. The van der Waals surface area contributed by atoms with Gasteiger partial charge in [0.05, 0.1) is 35.9 Å². The van der Waals surface area contributed by atoms with Gasteiger partial charge < -0.3 is 47.0 Å². The van der Waals surface area contributed by atoms with Gasteiger partial charge in [0.25, 0.3) is 5.91 Å². The summed E-state index contributed by atoms with van der Waals surface area (Å²) in [5, 5.41) is 71.2. The molecule has 0 heterocycles. The maximum Gasteiger partial charge on any atom is 0.323 e. The van der Waals surface area contributed by atoms with Crippen LogP contribution in [-0.4, -0.2) is 90.9 Å². The lowest BCUT2D eigenvalue weighted by molar-refractivity contribution is -0.169. The number of hydrogen-bond acceptors (Lipinski definition) is 11. The van der Waals surface area contributed by atoms with Gasteiger partial charge in [-0.3, -0.25) is 19.3 Å². The molecular formula is C30H32N4O10. The highest BCUT2D eigenvalue weighted by molar-refractivity contribution is 6.24. The van der Waals surface area contributed by atoms with E-state index in [4.69, 9.17) is 5.73 Å². The number of amides is 3. The normalized spacial score (nSPS) is 27.9. The predicted octanol–water partition coefficient (Wildman–Crippen LogP) is 0.632. The van der Waals surface area contributed by atoms with Gasteiger partial charge in [-0.15, -0.1) is 0 Å². The van der Waals surface area contributed by atoms with E-state index in [2.05, 4.69) is 10.6 Å². The van der Waals surface area contributed by atoms with Crippen LogP contribution in [0.15, 0.2) is 53.3 Å². The number of benzene rings is 2. The highest BCUT2D eigenvalue weighted by Crippen LogP contribution is 2.56. The molecule has 0 saturated heterocycles. The van der Waals surface area contributed by atoms with E-state index in [0.29, 0.717) is 11.3 Å². The largest absolute Gasteiger partial charge is 0.508 e. The predicted molar refractivity (Wildman–Crippen MR) is 155 cm³/mol. The molecule has 0 spiro atoms. The minimum Gasteiger partial charge on any atom is -0.508 e. The van der Waals surface area contributed by atoms with Gasteiger partial charge in [0.2, 0.25) is 5.78 Å². The molecule has 2 aromatic rings. The average Bonchev–Trinajstić information content (AvgIpc) is 2.96. The molecule has 0 aliphatic heterocycles. The summed E-state index contributed by atoms with van der Waals surface area (Å²) in [6.07, 6.45) is -1.71. The number of anilines is 2. The number of nitrogens with zero attached hydrogens (tertiary/aromatic N) is 1. The van der Waals surface area contributed by atoms with E-state index in [1.54, 1.807) is 31.2 Å². The summed E-state index contributed by atoms with van der Waals surface area (Å²) in [4.78, 5) is 53.4. The summed E-state index contributed by atoms with van der Waals surface area (Å²) < 4.78 is 0. The number of ketones is 2. The maximum atomic E-state index is 14.1. The molecule has 0 unspecified atom stereocenters. The number of phenolic OH excluding ortho intramolecular Hbond substituents is 1. The van der Waals surface area contributed by atoms with Gasteiger partial charge in [0.1, 0.15) is 22.8 Å². The first-order chi connectivity index (χ1) is 20.7. The van der Waals surface area contributed by atoms with Crippen LogP contribution in [0, 0.1) is 11.8 Å². The average molecular weight is 609 g/mol. The number of fused-ring (bicyclic) bond motifs is 3. The molecule has 44 heavy (non-hydrogen) atoms. The molecule has 3 amide bonds. The first-order valence-corrected chi connectivity index (χ1v) is 13.6. The lowest BCUT2D eigenvalue weighted by atomic mass is 9.54. The zero-order valence-electron chi connectivity index (χ0n) is 23.9. The molecule has 1 fully saturated rings. The molecule has 14 heteroatoms. The van der Waals surface area contributed by atoms with E-state index in [9.17, 15) is 49.8 Å². The van der Waals surface area contributed by atoms with Gasteiger partial charge in [0.15, 0.2) is 11.4 Å². The number of likely N-dealkylation sites (N-methyl/N-ethyl adjacent to an activating group) is 1. The molecule has 10 N–H and O–H groups in total. The number of aliphatic hydroxyl groups excluding tert-OH is 4. The molecule has 0 bridgehead atoms. The molecule has 2 aromatic carbocycles. The van der Waals surface area contributed by atoms with Crippen molar-refractivity contribution in [3.05, 3.63) is 70.0 Å². The maximum absolute atomic E-state index is 14.1. The lowest BCUT2D eigenvalue weighted by Crippen LogP contribution is -2.70. The van der Waals surface area contributed by atoms with Crippen molar-refractivity contribution in [2.45, 2.75) is 37.2 Å². The number of aromatic hydroxyl groups is 1. The van der Waals surface area contributed by atoms with Crippen LogP contribution in [0.1, 0.15) is 29.5 Å². The number of rotatable bonds is 5. The van der Waals surface area contributed by atoms with Crippen LogP contribution in [0.3, 0.4) is 0 Å². The van der Waals surface area contributed by atoms with E-state index >= 15 is 0 Å². The lowest BCUT2D eigenvalue weighted by Gasteiger charge is -2.53. The molecule has 5 rings (SSSR count). The fourth-order valence-corrected chi connectivity index (χ4v) is 6.70. The Morgan fingerprint density at radius 1 is 1.02 bits per heavy atom. The van der Waals surface area contributed by atoms with Crippen molar-refractivity contribution in [1.82, 2.24) is 4.90 Å². The van der Waals surface area contributed by atoms with Crippen molar-refractivity contribution in [2.75, 3.05) is 24.7 Å². The van der Waals surface area contributed by atoms with Gasteiger partial charge in [-0.2, -0.15) is 0 Å². The van der Waals surface area contributed by atoms with Crippen LogP contribution >= 0.6 is 0 Å². The number of carbonyl (C=O) groups is 4. The molecule has 0 radical (unpaired) electrons. The van der Waals surface area contributed by atoms with E-state index in [-0.39, 0.29) is 23.4 Å². The zero-order valence-corrected chi connectivity index (χ0v) is 23.9. The van der Waals surface area contributed by atoms with Gasteiger partial charge in [0, 0.05) is 17.2 Å². The number of phenols is 1. The van der Waals surface area contributed by atoms with Gasteiger partial charge >= 0.3 is 6.03 Å². The number of nitrogens with one attached hydrogen (secondary N) is 2. The second kappa shape index (κ2) is 10.7. The number of urea groups is 1. The Labute approximate surface area is 250 Å². The van der Waals surface area contributed by atoms with Crippen LogP contribution in [0.2, 0.25) is 0 Å². The van der Waals surface area contributed by atoms with E-state index in [1.807, 2.05) is 0 Å². The summed E-state index contributed by atoms with van der Waals surface area (Å²) >= 11 is 0. The third-order valence-electron chi connectivity index (χ3n) is 8.77. The standard InChI is InChI=1S/C30H32N4O10/c1-11-14-8-9-15(33-29(43)32-13-6-4-12(10-35)5-7-13)22(36)17(14)23(37)18-16(11)24(38)20-21(34(2)3)25(39)19(28(31)42)27(41)30(20,44)26(18)40/h4-9,11,16,20-21,24,35-38,41,44H,10H2,1-3H3,(H2,31,42)(H2,32,33,43)/t11-,16+,20+,21-,24-,30-/m0/s1. The second-order valence-corrected chi connectivity index (χ2v) is 11.4. The summed E-state index contributed by atoms with van der Waals surface area (Å²) in [6, 6.07) is 6.95. The first-order valence-electron chi connectivity index (χ1n) is 13.6. The van der Waals surface area contributed by atoms with Crippen molar-refractivity contribution in [1.29, 1.82) is 0 Å². The number of Topliss-reactive ketones (excluding diaryl/α,β-unsaturated/α-hetero) is 2. The highest BCUT2D eigenvalue weighted by atomic mass is 16.4. The van der Waals surface area contributed by atoms with Crippen LogP contribution in [0.4, 0.5) is 16.2 Å². The van der Waals surface area contributed by atoms with E-state index in [0.717, 1.165) is 0 Å². The van der Waals surface area contributed by atoms with Crippen molar-refractivity contribution >= 4 is 40.6 Å². The van der Waals surface area contributed by atoms with Crippen LogP contribution in [0.25, 0.3) is 5.76 Å². The number of hydrogen-bond donors (Lipinski definition) is 9. The monoisotopic (exact) mass is 608 g/mol. The Kier molecular flexibility index (Phi) is 7.50. The van der Waals surface area contributed by atoms with Gasteiger partial charge in [-0.05, 0) is 49.3 Å². The molecule has 6 atom stereocenters. The summed E-state index contributed by atoms with van der Waals surface area (Å²) in [5.41, 5.74) is 1.65. The third-order valence-corrected chi connectivity index (χ3v) is 8.77. The van der Waals surface area contributed by atoms with E-state index < -0.39 is 87.4 Å². The first kappa shape index (κ1) is 30.7. The molecule has 0 aromatic heterocycles. The third kappa shape index (κ3) is 4.33. The topological polar surface area (TPSA) is 243 Å².